The van der Waals surface area contributed by atoms with Gasteiger partial charge in [-0.25, -0.2) is 13.4 Å². The number of hydrogen-bond acceptors (Lipinski definition) is 6. The number of ether oxygens (including phenoxy) is 1. The number of hydrogen-bond donors (Lipinski definition) is 0. The number of fused-ring (bicyclic) bond motifs is 2. The smallest absolute Gasteiger partial charge is 0.226 e. The van der Waals surface area contributed by atoms with Crippen LogP contribution in [0.1, 0.15) is 44.9 Å². The molecule has 3 atom stereocenters. The Labute approximate surface area is 172 Å². The summed E-state index contributed by atoms with van der Waals surface area (Å²) in [7, 11) is -3.25. The van der Waals surface area contributed by atoms with Gasteiger partial charge in [-0.15, -0.1) is 0 Å². The molecule has 4 heterocycles. The zero-order chi connectivity index (χ0) is 20.2. The van der Waals surface area contributed by atoms with E-state index >= 15 is 0 Å². The third-order valence-electron chi connectivity index (χ3n) is 7.27. The highest BCUT2D eigenvalue weighted by atomic mass is 32.2. The minimum Gasteiger partial charge on any atom is -0.371 e. The number of carbonyl (C=O) groups is 1. The Kier molecular flexibility index (Phi) is 4.62. The highest BCUT2D eigenvalue weighted by Gasteiger charge is 2.53. The van der Waals surface area contributed by atoms with Crippen LogP contribution < -0.4 is 4.90 Å². The standard InChI is InChI=1S/C21H29N3O4S/c1-29(26,27)18-7-8-19(22-13-18)23-9-10-28-21(14-23)11-16-5-6-17(12-21)24(16)20(25)15-3-2-4-15/h7-8,13,15-17H,2-6,9-12,14H2,1H3/t16-,17+,21?. The van der Waals surface area contributed by atoms with Crippen molar-refractivity contribution in [2.24, 2.45) is 5.92 Å². The van der Waals surface area contributed by atoms with Crippen molar-refractivity contribution < 1.29 is 17.9 Å². The topological polar surface area (TPSA) is 79.8 Å². The minimum absolute atomic E-state index is 0.238. The summed E-state index contributed by atoms with van der Waals surface area (Å²) in [6.07, 6.45) is 9.87. The largest absolute Gasteiger partial charge is 0.371 e. The SMILES string of the molecule is CS(=O)(=O)c1ccc(N2CCOC3(C[C@H]4CC[C@@H](C3)N4C(=O)C3CCC3)C2)nc1. The first-order chi connectivity index (χ1) is 13.8. The van der Waals surface area contributed by atoms with Crippen molar-refractivity contribution in [3.63, 3.8) is 0 Å². The van der Waals surface area contributed by atoms with E-state index in [4.69, 9.17) is 4.74 Å². The second kappa shape index (κ2) is 6.94. The van der Waals surface area contributed by atoms with Crippen LogP contribution in [0, 0.1) is 5.92 Å². The second-order valence-electron chi connectivity index (χ2n) is 9.24. The van der Waals surface area contributed by atoms with E-state index in [-0.39, 0.29) is 16.4 Å². The fraction of sp³-hybridized carbons (Fsp3) is 0.714. The van der Waals surface area contributed by atoms with E-state index in [9.17, 15) is 13.2 Å². The van der Waals surface area contributed by atoms with Crippen molar-refractivity contribution >= 4 is 21.6 Å². The molecule has 1 aliphatic carbocycles. The lowest BCUT2D eigenvalue weighted by Gasteiger charge is -2.51. The summed E-state index contributed by atoms with van der Waals surface area (Å²) in [5, 5.41) is 0. The Morgan fingerprint density at radius 2 is 1.90 bits per heavy atom. The van der Waals surface area contributed by atoms with Crippen LogP contribution in [0.25, 0.3) is 0 Å². The van der Waals surface area contributed by atoms with Gasteiger partial charge in [0.05, 0.1) is 17.1 Å². The van der Waals surface area contributed by atoms with Crippen molar-refractivity contribution in [3.05, 3.63) is 18.3 Å². The van der Waals surface area contributed by atoms with E-state index in [0.717, 1.165) is 57.4 Å². The number of amides is 1. The third-order valence-corrected chi connectivity index (χ3v) is 8.36. The highest BCUT2D eigenvalue weighted by Crippen LogP contribution is 2.46. The van der Waals surface area contributed by atoms with Crippen molar-refractivity contribution in [2.45, 2.75) is 67.5 Å². The van der Waals surface area contributed by atoms with Gasteiger partial charge in [0.1, 0.15) is 5.82 Å². The van der Waals surface area contributed by atoms with Crippen LogP contribution in [0.15, 0.2) is 23.2 Å². The van der Waals surface area contributed by atoms with E-state index in [1.165, 1.54) is 18.9 Å². The first-order valence-electron chi connectivity index (χ1n) is 10.7. The van der Waals surface area contributed by atoms with Crippen molar-refractivity contribution in [2.75, 3.05) is 30.9 Å². The molecule has 2 bridgehead atoms. The Morgan fingerprint density at radius 3 is 2.45 bits per heavy atom. The van der Waals surface area contributed by atoms with Gasteiger partial charge in [0.15, 0.2) is 9.84 Å². The lowest BCUT2D eigenvalue weighted by Crippen LogP contribution is -2.62. The number of pyridine rings is 1. The maximum atomic E-state index is 12.9. The number of carbonyl (C=O) groups excluding carboxylic acids is 1. The molecule has 158 valence electrons. The van der Waals surface area contributed by atoms with Crippen LogP contribution in [-0.2, 0) is 19.4 Å². The zero-order valence-electron chi connectivity index (χ0n) is 16.9. The van der Waals surface area contributed by atoms with Crippen molar-refractivity contribution in [1.29, 1.82) is 0 Å². The molecule has 3 aliphatic heterocycles. The van der Waals surface area contributed by atoms with Crippen LogP contribution in [0.3, 0.4) is 0 Å². The average molecular weight is 420 g/mol. The lowest BCUT2D eigenvalue weighted by atomic mass is 9.80. The van der Waals surface area contributed by atoms with Crippen LogP contribution in [0.5, 0.6) is 0 Å². The number of rotatable bonds is 3. The highest BCUT2D eigenvalue weighted by molar-refractivity contribution is 7.90. The molecule has 1 saturated carbocycles. The fourth-order valence-corrected chi connectivity index (χ4v) is 6.16. The van der Waals surface area contributed by atoms with E-state index in [0.29, 0.717) is 24.6 Å². The lowest BCUT2D eigenvalue weighted by molar-refractivity contribution is -0.154. The predicted molar refractivity (Wildman–Crippen MR) is 108 cm³/mol. The van der Waals surface area contributed by atoms with E-state index < -0.39 is 9.84 Å². The molecule has 4 fully saturated rings. The molecule has 1 spiro atoms. The summed E-state index contributed by atoms with van der Waals surface area (Å²) in [6, 6.07) is 4.01. The minimum atomic E-state index is -3.25. The van der Waals surface area contributed by atoms with Crippen molar-refractivity contribution in [3.8, 4) is 0 Å². The molecule has 1 aromatic heterocycles. The summed E-state index contributed by atoms with van der Waals surface area (Å²) in [4.78, 5) is 22.0. The second-order valence-corrected chi connectivity index (χ2v) is 11.3. The molecular formula is C21H29N3O4S. The zero-order valence-corrected chi connectivity index (χ0v) is 17.7. The molecule has 1 unspecified atom stereocenters. The van der Waals surface area contributed by atoms with Gasteiger partial charge in [-0.2, -0.15) is 0 Å². The number of morpholine rings is 1. The van der Waals surface area contributed by atoms with Crippen molar-refractivity contribution in [1.82, 2.24) is 9.88 Å². The molecule has 0 N–H and O–H groups in total. The van der Waals surface area contributed by atoms with Crippen LogP contribution in [0.4, 0.5) is 5.82 Å². The first kappa shape index (κ1) is 19.3. The van der Waals surface area contributed by atoms with Gasteiger partial charge >= 0.3 is 0 Å². The van der Waals surface area contributed by atoms with Crippen LogP contribution >= 0.6 is 0 Å². The Balaban J connectivity index is 1.31. The monoisotopic (exact) mass is 419 g/mol. The maximum Gasteiger partial charge on any atom is 0.226 e. The molecule has 0 radical (unpaired) electrons. The summed E-state index contributed by atoms with van der Waals surface area (Å²) >= 11 is 0. The van der Waals surface area contributed by atoms with Gasteiger partial charge in [-0.1, -0.05) is 6.42 Å². The normalized spacial score (nSPS) is 32.4. The summed E-state index contributed by atoms with van der Waals surface area (Å²) in [6.45, 7) is 2.12. The Bertz CT molecular complexity index is 883. The molecule has 0 aromatic carbocycles. The van der Waals surface area contributed by atoms with Crippen LogP contribution in [0.2, 0.25) is 0 Å². The van der Waals surface area contributed by atoms with Crippen LogP contribution in [-0.4, -0.2) is 67.8 Å². The third kappa shape index (κ3) is 3.44. The predicted octanol–water partition coefficient (Wildman–Crippen LogP) is 2.01. The maximum absolute atomic E-state index is 12.9. The van der Waals surface area contributed by atoms with Gasteiger partial charge in [-0.05, 0) is 50.7 Å². The number of sulfone groups is 1. The van der Waals surface area contributed by atoms with Gasteiger partial charge in [-0.3, -0.25) is 4.79 Å². The molecular weight excluding hydrogens is 390 g/mol. The Morgan fingerprint density at radius 1 is 1.17 bits per heavy atom. The summed E-state index contributed by atoms with van der Waals surface area (Å²) in [5.74, 6) is 1.43. The molecule has 1 amide bonds. The number of piperidine rings is 1. The van der Waals surface area contributed by atoms with Gasteiger partial charge < -0.3 is 14.5 Å². The molecule has 29 heavy (non-hydrogen) atoms. The molecule has 8 heteroatoms. The molecule has 1 aromatic rings. The molecule has 3 saturated heterocycles. The quantitative estimate of drug-likeness (QED) is 0.746. The van der Waals surface area contributed by atoms with E-state index in [1.807, 2.05) is 0 Å². The van der Waals surface area contributed by atoms with E-state index in [1.54, 1.807) is 12.1 Å². The first-order valence-corrected chi connectivity index (χ1v) is 12.6. The number of anilines is 1. The molecule has 5 rings (SSSR count). The average Bonchev–Trinajstić information content (AvgIpc) is 2.92. The Hall–Kier alpha value is -1.67. The molecule has 7 nitrogen and oxygen atoms in total. The van der Waals surface area contributed by atoms with Gasteiger partial charge in [0.2, 0.25) is 5.91 Å². The fourth-order valence-electron chi connectivity index (χ4n) is 5.60. The number of aromatic nitrogens is 1. The van der Waals surface area contributed by atoms with Gasteiger partial charge in [0, 0.05) is 43.5 Å². The van der Waals surface area contributed by atoms with E-state index in [2.05, 4.69) is 14.8 Å². The summed E-state index contributed by atoms with van der Waals surface area (Å²) in [5.41, 5.74) is -0.238. The number of nitrogens with zero attached hydrogens (tertiary/aromatic N) is 3. The molecule has 4 aliphatic rings. The van der Waals surface area contributed by atoms with Gasteiger partial charge in [0.25, 0.3) is 0 Å². The summed E-state index contributed by atoms with van der Waals surface area (Å²) < 4.78 is 29.7.